The Bertz CT molecular complexity index is 289. The van der Waals surface area contributed by atoms with E-state index in [0.29, 0.717) is 10.9 Å². The van der Waals surface area contributed by atoms with Crippen molar-refractivity contribution in [2.45, 2.75) is 0 Å². The van der Waals surface area contributed by atoms with Gasteiger partial charge in [0, 0.05) is 12.3 Å². The Morgan fingerprint density at radius 1 is 1.67 bits per heavy atom. The van der Waals surface area contributed by atoms with E-state index in [9.17, 15) is 4.79 Å². The molecule has 0 spiro atoms. The summed E-state index contributed by atoms with van der Waals surface area (Å²) < 4.78 is 0. The molecule has 7 heteroatoms. The first-order valence-corrected chi connectivity index (χ1v) is 6.50. The van der Waals surface area contributed by atoms with E-state index in [1.165, 1.54) is 11.3 Å². The van der Waals surface area contributed by atoms with Gasteiger partial charge >= 0.3 is 0 Å². The minimum Gasteiger partial charge on any atom is -0.309 e. The molecule has 1 aromatic heterocycles. The van der Waals surface area contributed by atoms with E-state index in [-0.39, 0.29) is 5.91 Å². The zero-order valence-corrected chi connectivity index (χ0v) is 10.4. The molecule has 0 aliphatic heterocycles. The van der Waals surface area contributed by atoms with Gasteiger partial charge in [-0.25, -0.2) is 0 Å². The van der Waals surface area contributed by atoms with Crippen LogP contribution in [0.4, 0.5) is 5.13 Å². The molecule has 0 atom stereocenters. The van der Waals surface area contributed by atoms with Gasteiger partial charge in [-0.1, -0.05) is 11.3 Å². The Morgan fingerprint density at radius 2 is 2.47 bits per heavy atom. The normalized spacial score (nSPS) is 10.6. The highest BCUT2D eigenvalue weighted by atomic mass is 32.2. The Morgan fingerprint density at radius 3 is 3.07 bits per heavy atom. The quantitative estimate of drug-likeness (QED) is 0.751. The molecular weight excluding hydrogens is 232 g/mol. The second-order valence-corrected chi connectivity index (χ2v) is 5.09. The third-order valence-electron chi connectivity index (χ3n) is 1.52. The van der Waals surface area contributed by atoms with Crippen LogP contribution in [0.15, 0.2) is 5.51 Å². The first-order chi connectivity index (χ1) is 7.18. The summed E-state index contributed by atoms with van der Waals surface area (Å²) in [7, 11) is 4.03. The van der Waals surface area contributed by atoms with Crippen LogP contribution < -0.4 is 5.32 Å². The molecule has 0 aliphatic carbocycles. The van der Waals surface area contributed by atoms with Gasteiger partial charge in [0.05, 0.1) is 5.75 Å². The molecule has 5 nitrogen and oxygen atoms in total. The molecule has 1 amide bonds. The van der Waals surface area contributed by atoms with Crippen LogP contribution in [0.25, 0.3) is 0 Å². The highest BCUT2D eigenvalue weighted by Gasteiger charge is 2.04. The summed E-state index contributed by atoms with van der Waals surface area (Å²) in [5.74, 6) is 1.40. The topological polar surface area (TPSA) is 58.1 Å². The molecule has 1 N–H and O–H groups in total. The van der Waals surface area contributed by atoms with E-state index in [1.54, 1.807) is 17.3 Å². The Balaban J connectivity index is 2.09. The maximum Gasteiger partial charge on any atom is 0.236 e. The average molecular weight is 246 g/mol. The van der Waals surface area contributed by atoms with Gasteiger partial charge in [-0.15, -0.1) is 10.2 Å². The van der Waals surface area contributed by atoms with E-state index < -0.39 is 0 Å². The molecule has 0 saturated carbocycles. The Labute approximate surface area is 97.3 Å². The lowest BCUT2D eigenvalue weighted by atomic mass is 10.7. The minimum absolute atomic E-state index is 0.0180. The highest BCUT2D eigenvalue weighted by molar-refractivity contribution is 7.99. The molecule has 0 bridgehead atoms. The molecule has 1 heterocycles. The minimum atomic E-state index is -0.0180. The third-order valence-corrected chi connectivity index (χ3v) is 3.07. The van der Waals surface area contributed by atoms with Crippen LogP contribution in [-0.4, -0.2) is 53.2 Å². The van der Waals surface area contributed by atoms with Crippen LogP contribution >= 0.6 is 23.1 Å². The molecule has 1 aromatic rings. The van der Waals surface area contributed by atoms with E-state index in [2.05, 4.69) is 20.4 Å². The monoisotopic (exact) mass is 246 g/mol. The Hall–Kier alpha value is -0.660. The lowest BCUT2D eigenvalue weighted by Crippen LogP contribution is -2.18. The van der Waals surface area contributed by atoms with E-state index >= 15 is 0 Å². The second-order valence-electron chi connectivity index (χ2n) is 3.15. The predicted octanol–water partition coefficient (Wildman–Crippen LogP) is 0.771. The summed E-state index contributed by atoms with van der Waals surface area (Å²) in [6.45, 7) is 0.983. The van der Waals surface area contributed by atoms with Crippen LogP contribution in [0.5, 0.6) is 0 Å². The summed E-state index contributed by atoms with van der Waals surface area (Å²) >= 11 is 2.94. The first-order valence-electron chi connectivity index (χ1n) is 4.47. The number of hydrogen-bond donors (Lipinski definition) is 1. The van der Waals surface area contributed by atoms with Crippen LogP contribution in [0.2, 0.25) is 0 Å². The molecule has 0 saturated heterocycles. The van der Waals surface area contributed by atoms with Crippen molar-refractivity contribution in [2.24, 2.45) is 0 Å². The van der Waals surface area contributed by atoms with Crippen molar-refractivity contribution < 1.29 is 4.79 Å². The number of nitrogens with one attached hydrogen (secondary N) is 1. The zero-order valence-electron chi connectivity index (χ0n) is 8.77. The molecule has 15 heavy (non-hydrogen) atoms. The number of rotatable bonds is 6. The van der Waals surface area contributed by atoms with Crippen molar-refractivity contribution in [2.75, 3.05) is 37.5 Å². The number of hydrogen-bond acceptors (Lipinski definition) is 6. The van der Waals surface area contributed by atoms with E-state index in [4.69, 9.17) is 0 Å². The van der Waals surface area contributed by atoms with Gasteiger partial charge in [0.15, 0.2) is 0 Å². The van der Waals surface area contributed by atoms with Crippen molar-refractivity contribution in [3.8, 4) is 0 Å². The molecular formula is C8H14N4OS2. The van der Waals surface area contributed by atoms with Crippen LogP contribution in [0.3, 0.4) is 0 Å². The summed E-state index contributed by atoms with van der Waals surface area (Å²) in [5.41, 5.74) is 1.59. The van der Waals surface area contributed by atoms with Gasteiger partial charge in [0.25, 0.3) is 0 Å². The molecule has 0 radical (unpaired) electrons. The molecule has 1 rings (SSSR count). The third kappa shape index (κ3) is 5.71. The molecule has 84 valence electrons. The van der Waals surface area contributed by atoms with Gasteiger partial charge in [0.1, 0.15) is 5.51 Å². The van der Waals surface area contributed by atoms with Crippen molar-refractivity contribution in [3.05, 3.63) is 5.51 Å². The number of amides is 1. The smallest absolute Gasteiger partial charge is 0.236 e. The summed E-state index contributed by atoms with van der Waals surface area (Å²) in [6.07, 6.45) is 0. The van der Waals surface area contributed by atoms with Crippen molar-refractivity contribution in [1.82, 2.24) is 15.1 Å². The van der Waals surface area contributed by atoms with E-state index in [1.807, 2.05) is 14.1 Å². The fourth-order valence-electron chi connectivity index (χ4n) is 0.795. The van der Waals surface area contributed by atoms with Crippen molar-refractivity contribution in [1.29, 1.82) is 0 Å². The predicted molar refractivity (Wildman–Crippen MR) is 64.4 cm³/mol. The van der Waals surface area contributed by atoms with Gasteiger partial charge in [-0.2, -0.15) is 11.8 Å². The molecule has 0 aromatic carbocycles. The van der Waals surface area contributed by atoms with Gasteiger partial charge in [-0.3, -0.25) is 10.1 Å². The zero-order chi connectivity index (χ0) is 11.1. The first kappa shape index (κ1) is 12.4. The van der Waals surface area contributed by atoms with Crippen molar-refractivity contribution in [3.63, 3.8) is 0 Å². The fraction of sp³-hybridized carbons (Fsp3) is 0.625. The number of thioether (sulfide) groups is 1. The van der Waals surface area contributed by atoms with Crippen LogP contribution in [0, 0.1) is 0 Å². The lowest BCUT2D eigenvalue weighted by Gasteiger charge is -2.08. The molecule has 0 unspecified atom stereocenters. The molecule has 0 fully saturated rings. The van der Waals surface area contributed by atoms with Crippen molar-refractivity contribution >= 4 is 34.1 Å². The number of nitrogens with zero attached hydrogens (tertiary/aromatic N) is 3. The summed E-state index contributed by atoms with van der Waals surface area (Å²) in [4.78, 5) is 13.4. The number of carbonyl (C=O) groups excluding carboxylic acids is 1. The summed E-state index contributed by atoms with van der Waals surface area (Å²) in [6, 6.07) is 0. The average Bonchev–Trinajstić information content (AvgIpc) is 2.64. The number of anilines is 1. The SMILES string of the molecule is CN(C)CCSCC(=O)Nc1nncs1. The van der Waals surface area contributed by atoms with Gasteiger partial charge in [-0.05, 0) is 14.1 Å². The standard InChI is InChI=1S/C8H14N4OS2/c1-12(2)3-4-14-5-7(13)10-8-11-9-6-15-8/h6H,3-5H2,1-2H3,(H,10,11,13). The lowest BCUT2D eigenvalue weighted by molar-refractivity contribution is -0.113. The number of carbonyl (C=O) groups is 1. The second kappa shape index (κ2) is 6.76. The van der Waals surface area contributed by atoms with Gasteiger partial charge < -0.3 is 4.90 Å². The highest BCUT2D eigenvalue weighted by Crippen LogP contribution is 2.09. The maximum atomic E-state index is 11.3. The summed E-state index contributed by atoms with van der Waals surface area (Å²) in [5, 5.41) is 10.6. The maximum absolute atomic E-state index is 11.3. The molecule has 0 aliphatic rings. The Kier molecular flexibility index (Phi) is 5.59. The largest absolute Gasteiger partial charge is 0.309 e. The fourth-order valence-corrected chi connectivity index (χ4v) is 2.15. The van der Waals surface area contributed by atoms with E-state index in [0.717, 1.165) is 12.3 Å². The van der Waals surface area contributed by atoms with Crippen LogP contribution in [-0.2, 0) is 4.79 Å². The van der Waals surface area contributed by atoms with Crippen LogP contribution in [0.1, 0.15) is 0 Å². The van der Waals surface area contributed by atoms with Gasteiger partial charge in [0.2, 0.25) is 11.0 Å². The number of aromatic nitrogens is 2.